The minimum atomic E-state index is -0.0859. The number of nitrogens with zero attached hydrogens (tertiary/aromatic N) is 1. The molecule has 0 spiro atoms. The molecule has 0 amide bonds. The van der Waals surface area contributed by atoms with Crippen molar-refractivity contribution in [1.29, 1.82) is 0 Å². The maximum atomic E-state index is 10.9. The normalized spacial score (nSPS) is 9.91. The molecule has 1 rings (SSSR count). The Morgan fingerprint density at radius 2 is 2.45 bits per heavy atom. The van der Waals surface area contributed by atoms with Gasteiger partial charge in [-0.15, -0.1) is 0 Å². The van der Waals surface area contributed by atoms with E-state index in [4.69, 9.17) is 0 Å². The van der Waals surface area contributed by atoms with Crippen molar-refractivity contribution >= 4 is 20.7 Å². The predicted octanol–water partition coefficient (Wildman–Crippen LogP) is -0.484. The summed E-state index contributed by atoms with van der Waals surface area (Å²) in [4.78, 5) is 17.5. The van der Waals surface area contributed by atoms with Crippen molar-refractivity contribution in [2.45, 2.75) is 19.8 Å². The van der Waals surface area contributed by atoms with Gasteiger partial charge in [0.15, 0.2) is 0 Å². The molecular formula is C7H9N2OSe. The Hall–Kier alpha value is -0.601. The van der Waals surface area contributed by atoms with Gasteiger partial charge in [0, 0.05) is 0 Å². The number of nitrogens with one attached hydrogen (secondary N) is 1. The molecule has 3 nitrogen and oxygen atoms in total. The average molecular weight is 216 g/mol. The summed E-state index contributed by atoms with van der Waals surface area (Å²) < 4.78 is 0.570. The molecule has 0 fully saturated rings. The van der Waals surface area contributed by atoms with Crippen molar-refractivity contribution in [2.75, 3.05) is 0 Å². The number of aromatic nitrogens is 2. The summed E-state index contributed by atoms with van der Waals surface area (Å²) in [5.41, 5.74) is 0.766. The molecule has 0 aliphatic carbocycles. The molecule has 4 heteroatoms. The van der Waals surface area contributed by atoms with E-state index in [2.05, 4.69) is 32.9 Å². The van der Waals surface area contributed by atoms with Gasteiger partial charge < -0.3 is 0 Å². The van der Waals surface area contributed by atoms with E-state index in [1.807, 2.05) is 0 Å². The van der Waals surface area contributed by atoms with Crippen LogP contribution in [0.4, 0.5) is 0 Å². The molecule has 11 heavy (non-hydrogen) atoms. The van der Waals surface area contributed by atoms with Crippen molar-refractivity contribution in [2.24, 2.45) is 0 Å². The third kappa shape index (κ3) is 2.48. The van der Waals surface area contributed by atoms with Crippen LogP contribution >= 0.6 is 0 Å². The van der Waals surface area contributed by atoms with Crippen molar-refractivity contribution in [3.63, 3.8) is 0 Å². The van der Waals surface area contributed by atoms with Gasteiger partial charge in [-0.1, -0.05) is 0 Å². The zero-order chi connectivity index (χ0) is 8.27. The molecule has 0 atom stereocenters. The molecule has 0 bridgehead atoms. The van der Waals surface area contributed by atoms with Gasteiger partial charge in [0.25, 0.3) is 0 Å². The first-order chi connectivity index (χ1) is 5.22. The zero-order valence-electron chi connectivity index (χ0n) is 6.26. The summed E-state index contributed by atoms with van der Waals surface area (Å²) in [5.74, 6) is 0. The van der Waals surface area contributed by atoms with Crippen LogP contribution in [-0.2, 0) is 6.42 Å². The molecule has 0 aliphatic rings. The van der Waals surface area contributed by atoms with Gasteiger partial charge in [0.1, 0.15) is 0 Å². The van der Waals surface area contributed by atoms with Crippen LogP contribution in [-0.4, -0.2) is 26.0 Å². The molecule has 1 aromatic heterocycles. The van der Waals surface area contributed by atoms with Crippen molar-refractivity contribution in [3.05, 3.63) is 22.1 Å². The number of aromatic amines is 1. The Kier molecular flexibility index (Phi) is 2.85. The summed E-state index contributed by atoms with van der Waals surface area (Å²) in [5, 5.41) is 0. The van der Waals surface area contributed by atoms with Gasteiger partial charge in [0.05, 0.1) is 0 Å². The summed E-state index contributed by atoms with van der Waals surface area (Å²) in [6.45, 7) is 2.06. The van der Waals surface area contributed by atoms with Crippen LogP contribution in [0.15, 0.2) is 10.9 Å². The monoisotopic (exact) mass is 217 g/mol. The second-order valence-corrected chi connectivity index (χ2v) is 3.10. The van der Waals surface area contributed by atoms with Crippen LogP contribution in [0.3, 0.4) is 0 Å². The molecule has 0 saturated heterocycles. The Morgan fingerprint density at radius 3 is 3.00 bits per heavy atom. The first-order valence-corrected chi connectivity index (χ1v) is 4.35. The molecular weight excluding hydrogens is 207 g/mol. The van der Waals surface area contributed by atoms with Crippen LogP contribution in [0, 0.1) is 0 Å². The van der Waals surface area contributed by atoms with Crippen LogP contribution in [0.2, 0.25) is 0 Å². The molecule has 0 saturated carbocycles. The Labute approximate surface area is 73.1 Å². The van der Waals surface area contributed by atoms with E-state index in [0.717, 1.165) is 18.5 Å². The number of hydrogen-bond donors (Lipinski definition) is 1. The fourth-order valence-corrected chi connectivity index (χ4v) is 1.32. The van der Waals surface area contributed by atoms with E-state index in [1.165, 1.54) is 6.07 Å². The third-order valence-corrected chi connectivity index (χ3v) is 1.68. The summed E-state index contributed by atoms with van der Waals surface area (Å²) in [7, 11) is 0. The van der Waals surface area contributed by atoms with Crippen molar-refractivity contribution < 1.29 is 0 Å². The second-order valence-electron chi connectivity index (χ2n) is 2.29. The van der Waals surface area contributed by atoms with Gasteiger partial charge >= 0.3 is 72.6 Å². The third-order valence-electron chi connectivity index (χ3n) is 1.28. The van der Waals surface area contributed by atoms with E-state index in [-0.39, 0.29) is 5.56 Å². The predicted molar refractivity (Wildman–Crippen MR) is 44.2 cm³/mol. The van der Waals surface area contributed by atoms with Crippen LogP contribution in [0.25, 0.3) is 0 Å². The number of H-pyrrole nitrogens is 1. The van der Waals surface area contributed by atoms with E-state index >= 15 is 0 Å². The van der Waals surface area contributed by atoms with Gasteiger partial charge in [0.2, 0.25) is 0 Å². The zero-order valence-corrected chi connectivity index (χ0v) is 7.97. The molecule has 59 valence electrons. The summed E-state index contributed by atoms with van der Waals surface area (Å²) >= 11 is 2.67. The second kappa shape index (κ2) is 3.69. The number of hydrogen-bond acceptors (Lipinski definition) is 2. The molecule has 1 N–H and O–H groups in total. The Bertz CT molecular complexity index is 295. The summed E-state index contributed by atoms with van der Waals surface area (Å²) in [6.07, 6.45) is 1.87. The molecule has 1 aromatic rings. The number of rotatable bonds is 2. The standard InChI is InChI=1S/C7H9N2OSe/c1-2-3-5-4-6(10)9-7(11)8-5/h4H,2-3H2,1H3,(H,8,9,10). The molecule has 1 radical (unpaired) electrons. The quantitative estimate of drug-likeness (QED) is 0.678. The van der Waals surface area contributed by atoms with Crippen molar-refractivity contribution in [1.82, 2.24) is 9.97 Å². The van der Waals surface area contributed by atoms with E-state index in [9.17, 15) is 4.79 Å². The fourth-order valence-electron chi connectivity index (χ4n) is 0.868. The van der Waals surface area contributed by atoms with E-state index in [0.29, 0.717) is 4.72 Å². The first kappa shape index (κ1) is 8.50. The molecule has 0 aliphatic heterocycles. The van der Waals surface area contributed by atoms with Gasteiger partial charge in [-0.25, -0.2) is 0 Å². The molecule has 0 unspecified atom stereocenters. The van der Waals surface area contributed by atoms with Crippen molar-refractivity contribution in [3.8, 4) is 0 Å². The van der Waals surface area contributed by atoms with E-state index in [1.54, 1.807) is 0 Å². The SMILES string of the molecule is CCCc1cc(=O)[nH]c([Se])n1. The summed E-state index contributed by atoms with van der Waals surface area (Å²) in [6, 6.07) is 1.53. The minimum absolute atomic E-state index is 0.0859. The average Bonchev–Trinajstić information content (AvgIpc) is 1.85. The van der Waals surface area contributed by atoms with Crippen LogP contribution in [0.1, 0.15) is 19.0 Å². The Morgan fingerprint density at radius 1 is 1.73 bits per heavy atom. The van der Waals surface area contributed by atoms with Gasteiger partial charge in [-0.05, 0) is 0 Å². The van der Waals surface area contributed by atoms with Gasteiger partial charge in [-0.3, -0.25) is 0 Å². The maximum absolute atomic E-state index is 10.9. The van der Waals surface area contributed by atoms with Gasteiger partial charge in [-0.2, -0.15) is 0 Å². The Balaban J connectivity index is 2.99. The fraction of sp³-hybridized carbons (Fsp3) is 0.429. The number of aryl methyl sites for hydroxylation is 1. The molecule has 0 aromatic carbocycles. The topological polar surface area (TPSA) is 45.8 Å². The first-order valence-electron chi connectivity index (χ1n) is 3.49. The molecule has 1 heterocycles. The van der Waals surface area contributed by atoms with Crippen LogP contribution in [0.5, 0.6) is 0 Å². The van der Waals surface area contributed by atoms with Crippen LogP contribution < -0.4 is 10.3 Å². The van der Waals surface area contributed by atoms with E-state index < -0.39 is 0 Å².